The molecule has 0 radical (unpaired) electrons. The molecule has 0 amide bonds. The Morgan fingerprint density at radius 1 is 1.21 bits per heavy atom. The zero-order chi connectivity index (χ0) is 20.3. The van der Waals surface area contributed by atoms with Gasteiger partial charge in [0.1, 0.15) is 17.4 Å². The number of benzene rings is 2. The van der Waals surface area contributed by atoms with Crippen LogP contribution in [0.4, 0.5) is 0 Å². The van der Waals surface area contributed by atoms with E-state index in [0.717, 1.165) is 0 Å². The molecule has 0 aliphatic carbocycles. The Kier molecular flexibility index (Phi) is 5.93. The highest BCUT2D eigenvalue weighted by atomic mass is 35.5. The smallest absolute Gasteiger partial charge is 0.338 e. The second kappa shape index (κ2) is 8.39. The fourth-order valence-corrected chi connectivity index (χ4v) is 3.45. The number of esters is 1. The van der Waals surface area contributed by atoms with Gasteiger partial charge in [-0.3, -0.25) is 0 Å². The maximum Gasteiger partial charge on any atom is 0.338 e. The number of nitriles is 1. The van der Waals surface area contributed by atoms with Crippen molar-refractivity contribution in [2.24, 2.45) is 5.73 Å². The summed E-state index contributed by atoms with van der Waals surface area (Å²) in [7, 11) is 0. The zero-order valence-electron chi connectivity index (χ0n) is 14.9. The summed E-state index contributed by atoms with van der Waals surface area (Å²) in [6, 6.07) is 16.0. The Labute approximate surface area is 172 Å². The Morgan fingerprint density at radius 3 is 2.57 bits per heavy atom. The van der Waals surface area contributed by atoms with Crippen LogP contribution < -0.4 is 5.73 Å². The lowest BCUT2D eigenvalue weighted by Gasteiger charge is -2.28. The van der Waals surface area contributed by atoms with Crippen LogP contribution in [0.15, 0.2) is 65.6 Å². The molecule has 0 fully saturated rings. The van der Waals surface area contributed by atoms with Crippen LogP contribution in [0.5, 0.6) is 0 Å². The molecule has 0 unspecified atom stereocenters. The maximum atomic E-state index is 12.9. The van der Waals surface area contributed by atoms with Gasteiger partial charge in [-0.15, -0.1) is 0 Å². The Hall–Kier alpha value is -2.94. The van der Waals surface area contributed by atoms with Crippen molar-refractivity contribution in [3.05, 3.63) is 86.7 Å². The van der Waals surface area contributed by atoms with E-state index >= 15 is 0 Å². The molecule has 2 N–H and O–H groups in total. The molecule has 0 spiro atoms. The van der Waals surface area contributed by atoms with E-state index in [1.807, 2.05) is 12.1 Å². The van der Waals surface area contributed by atoms with Gasteiger partial charge in [0.15, 0.2) is 0 Å². The number of allylic oxidation sites excluding steroid dienone is 1. The fourth-order valence-electron chi connectivity index (χ4n) is 3.04. The number of carbonyl (C=O) groups excluding carboxylic acids is 1. The molecule has 5 nitrogen and oxygen atoms in total. The third-order valence-corrected chi connectivity index (χ3v) is 5.08. The highest BCUT2D eigenvalue weighted by Crippen LogP contribution is 2.45. The minimum Gasteiger partial charge on any atom is -0.463 e. The van der Waals surface area contributed by atoms with Gasteiger partial charge in [0, 0.05) is 5.56 Å². The van der Waals surface area contributed by atoms with E-state index in [-0.39, 0.29) is 34.4 Å². The van der Waals surface area contributed by atoms with Crippen LogP contribution in [0.2, 0.25) is 10.0 Å². The van der Waals surface area contributed by atoms with Crippen LogP contribution in [0, 0.1) is 11.3 Å². The lowest BCUT2D eigenvalue weighted by Crippen LogP contribution is -2.26. The van der Waals surface area contributed by atoms with Crippen molar-refractivity contribution in [2.45, 2.75) is 12.8 Å². The monoisotopic (exact) mass is 414 g/mol. The standard InChI is InChI=1S/C21H16Cl2N2O3/c1-2-27-21(26)17-16(13-9-6-10-15(22)18(13)23)14(11-24)20(25)28-19(17)12-7-4-3-5-8-12/h3-10,16H,2,25H2,1H3/t16-/m1/s1. The summed E-state index contributed by atoms with van der Waals surface area (Å²) in [5.74, 6) is -1.38. The normalized spacial score (nSPS) is 16.4. The van der Waals surface area contributed by atoms with Crippen LogP contribution in [0.25, 0.3) is 5.76 Å². The molecule has 1 atom stereocenters. The third-order valence-electron chi connectivity index (χ3n) is 4.24. The molecule has 28 heavy (non-hydrogen) atoms. The molecule has 2 aromatic rings. The SMILES string of the molecule is CCOC(=O)C1=C(c2ccccc2)OC(N)=C(C#N)[C@H]1c1cccc(Cl)c1Cl. The second-order valence-corrected chi connectivity index (χ2v) is 6.68. The highest BCUT2D eigenvalue weighted by Gasteiger charge is 2.39. The van der Waals surface area contributed by atoms with E-state index in [9.17, 15) is 10.1 Å². The van der Waals surface area contributed by atoms with Crippen LogP contribution >= 0.6 is 23.2 Å². The molecule has 0 saturated heterocycles. The number of nitrogens with zero attached hydrogens (tertiary/aromatic N) is 1. The number of hydrogen-bond donors (Lipinski definition) is 1. The Bertz CT molecular complexity index is 1020. The van der Waals surface area contributed by atoms with E-state index in [0.29, 0.717) is 16.1 Å². The number of carbonyl (C=O) groups is 1. The summed E-state index contributed by atoms with van der Waals surface area (Å²) >= 11 is 12.6. The largest absolute Gasteiger partial charge is 0.463 e. The van der Waals surface area contributed by atoms with Crippen molar-refractivity contribution in [3.63, 3.8) is 0 Å². The number of hydrogen-bond acceptors (Lipinski definition) is 5. The quantitative estimate of drug-likeness (QED) is 0.727. The van der Waals surface area contributed by atoms with Crippen molar-refractivity contribution < 1.29 is 14.3 Å². The summed E-state index contributed by atoms with van der Waals surface area (Å²) < 4.78 is 11.0. The summed E-state index contributed by atoms with van der Waals surface area (Å²) in [5, 5.41) is 10.2. The van der Waals surface area contributed by atoms with Gasteiger partial charge in [0.2, 0.25) is 5.88 Å². The minimum absolute atomic E-state index is 0.0619. The van der Waals surface area contributed by atoms with Crippen LogP contribution in [0.3, 0.4) is 0 Å². The molecule has 142 valence electrons. The van der Waals surface area contributed by atoms with Crippen molar-refractivity contribution in [2.75, 3.05) is 6.61 Å². The topological polar surface area (TPSA) is 85.3 Å². The first-order chi connectivity index (χ1) is 13.5. The third kappa shape index (κ3) is 3.57. The number of halogens is 2. The summed E-state index contributed by atoms with van der Waals surface area (Å²) in [6.45, 7) is 1.85. The van der Waals surface area contributed by atoms with E-state index in [1.54, 1.807) is 49.4 Å². The van der Waals surface area contributed by atoms with Gasteiger partial charge < -0.3 is 15.2 Å². The van der Waals surface area contributed by atoms with Crippen LogP contribution in [-0.2, 0) is 14.3 Å². The minimum atomic E-state index is -0.876. The molecule has 1 aliphatic heterocycles. The van der Waals surface area contributed by atoms with Gasteiger partial charge in [-0.05, 0) is 18.6 Å². The van der Waals surface area contributed by atoms with Crippen molar-refractivity contribution in [1.82, 2.24) is 0 Å². The van der Waals surface area contributed by atoms with Crippen molar-refractivity contribution in [3.8, 4) is 6.07 Å². The van der Waals surface area contributed by atoms with Gasteiger partial charge >= 0.3 is 5.97 Å². The van der Waals surface area contributed by atoms with Gasteiger partial charge in [-0.25, -0.2) is 4.79 Å². The van der Waals surface area contributed by atoms with Crippen LogP contribution in [0.1, 0.15) is 24.0 Å². The molecule has 0 bridgehead atoms. The molecule has 7 heteroatoms. The number of ether oxygens (including phenoxy) is 2. The average Bonchev–Trinajstić information content (AvgIpc) is 2.70. The molecule has 0 aromatic heterocycles. The van der Waals surface area contributed by atoms with E-state index in [4.69, 9.17) is 38.4 Å². The predicted octanol–water partition coefficient (Wildman–Crippen LogP) is 4.78. The molecular weight excluding hydrogens is 399 g/mol. The molecule has 2 aromatic carbocycles. The zero-order valence-corrected chi connectivity index (χ0v) is 16.4. The number of rotatable bonds is 4. The molecule has 1 heterocycles. The molecule has 3 rings (SSSR count). The van der Waals surface area contributed by atoms with Crippen LogP contribution in [-0.4, -0.2) is 12.6 Å². The Balaban J connectivity index is 2.33. The summed E-state index contributed by atoms with van der Waals surface area (Å²) in [6.07, 6.45) is 0. The molecule has 1 aliphatic rings. The fraction of sp³-hybridized carbons (Fsp3) is 0.143. The molecule has 0 saturated carbocycles. The summed E-state index contributed by atoms with van der Waals surface area (Å²) in [4.78, 5) is 12.9. The van der Waals surface area contributed by atoms with E-state index < -0.39 is 11.9 Å². The van der Waals surface area contributed by atoms with E-state index in [2.05, 4.69) is 0 Å². The first-order valence-electron chi connectivity index (χ1n) is 8.47. The van der Waals surface area contributed by atoms with Gasteiger partial charge in [0.05, 0.1) is 28.1 Å². The van der Waals surface area contributed by atoms with Gasteiger partial charge in [-0.2, -0.15) is 5.26 Å². The van der Waals surface area contributed by atoms with Gasteiger partial charge in [-0.1, -0.05) is 65.7 Å². The predicted molar refractivity (Wildman–Crippen MR) is 107 cm³/mol. The van der Waals surface area contributed by atoms with Gasteiger partial charge in [0.25, 0.3) is 0 Å². The Morgan fingerprint density at radius 2 is 1.93 bits per heavy atom. The van der Waals surface area contributed by atoms with Crippen molar-refractivity contribution in [1.29, 1.82) is 5.26 Å². The first kappa shape index (κ1) is 19.8. The lowest BCUT2D eigenvalue weighted by atomic mass is 9.82. The second-order valence-electron chi connectivity index (χ2n) is 5.90. The average molecular weight is 415 g/mol. The number of nitrogens with two attached hydrogens (primary N) is 1. The first-order valence-corrected chi connectivity index (χ1v) is 9.23. The molecular formula is C21H16Cl2N2O3. The lowest BCUT2D eigenvalue weighted by molar-refractivity contribution is -0.138. The van der Waals surface area contributed by atoms with Crippen molar-refractivity contribution >= 4 is 34.9 Å². The maximum absolute atomic E-state index is 12.9. The highest BCUT2D eigenvalue weighted by molar-refractivity contribution is 6.42. The summed E-state index contributed by atoms with van der Waals surface area (Å²) in [5.41, 5.74) is 7.33. The van der Waals surface area contributed by atoms with E-state index in [1.165, 1.54) is 0 Å².